The lowest BCUT2D eigenvalue weighted by Crippen LogP contribution is -1.76. The molecule has 0 radical (unpaired) electrons. The monoisotopic (exact) mass is 133 g/mol. The Balaban J connectivity index is 2.49. The molecule has 0 saturated heterocycles. The summed E-state index contributed by atoms with van der Waals surface area (Å²) in [6, 6.07) is 3.62. The average Bonchev–Trinajstić information content (AvgIpc) is 2.41. The predicted octanol–water partition coefficient (Wildman–Crippen LogP) is 1.33. The first-order valence-corrected chi connectivity index (χ1v) is 2.90. The Morgan fingerprint density at radius 2 is 2.70 bits per heavy atom. The van der Waals surface area contributed by atoms with E-state index in [1.165, 1.54) is 0 Å². The Hall–Kier alpha value is -1.49. The molecule has 0 fully saturated rings. The highest BCUT2D eigenvalue weighted by molar-refractivity contribution is 5.75. The Morgan fingerprint density at radius 1 is 1.80 bits per heavy atom. The van der Waals surface area contributed by atoms with Crippen LogP contribution in [-0.2, 0) is 0 Å². The second-order valence-corrected chi connectivity index (χ2v) is 1.69. The number of aliphatic imine (C=N–C) groups is 1. The lowest BCUT2D eigenvalue weighted by atomic mass is 10.5. The first-order chi connectivity index (χ1) is 4.93. The lowest BCUT2D eigenvalue weighted by Gasteiger charge is -1.79. The highest BCUT2D eigenvalue weighted by Crippen LogP contribution is 1.94. The van der Waals surface area contributed by atoms with E-state index in [9.17, 15) is 0 Å². The molecule has 1 aromatic heterocycles. The lowest BCUT2D eigenvalue weighted by molar-refractivity contribution is 0.560. The molecule has 0 unspecified atom stereocenters. The van der Waals surface area contributed by atoms with Crippen LogP contribution in [-0.4, -0.2) is 12.8 Å². The minimum absolute atomic E-state index is 0.403. The van der Waals surface area contributed by atoms with Crippen LogP contribution in [0.25, 0.3) is 0 Å². The second kappa shape index (κ2) is 3.52. The molecule has 0 bridgehead atoms. The standard InChI is InChI=1S/C8H7NO/c1-2-5-9-7-8-4-3-6-10-8/h1,3-4,6-7H,5H2. The van der Waals surface area contributed by atoms with Crippen molar-refractivity contribution < 1.29 is 4.42 Å². The van der Waals surface area contributed by atoms with Gasteiger partial charge >= 0.3 is 0 Å². The summed E-state index contributed by atoms with van der Waals surface area (Å²) in [5.41, 5.74) is 0. The number of nitrogens with zero attached hydrogens (tertiary/aromatic N) is 1. The van der Waals surface area contributed by atoms with E-state index in [-0.39, 0.29) is 0 Å². The predicted molar refractivity (Wildman–Crippen MR) is 40.0 cm³/mol. The second-order valence-electron chi connectivity index (χ2n) is 1.69. The summed E-state index contributed by atoms with van der Waals surface area (Å²) in [7, 11) is 0. The van der Waals surface area contributed by atoms with E-state index in [4.69, 9.17) is 10.8 Å². The summed E-state index contributed by atoms with van der Waals surface area (Å²) in [6.07, 6.45) is 8.18. The summed E-state index contributed by atoms with van der Waals surface area (Å²) in [4.78, 5) is 3.88. The van der Waals surface area contributed by atoms with Gasteiger partial charge in [-0.2, -0.15) is 0 Å². The molecule has 0 aromatic carbocycles. The largest absolute Gasteiger partial charge is 0.463 e. The minimum atomic E-state index is 0.403. The molecule has 1 aromatic rings. The van der Waals surface area contributed by atoms with Crippen LogP contribution >= 0.6 is 0 Å². The van der Waals surface area contributed by atoms with Gasteiger partial charge in [-0.15, -0.1) is 6.42 Å². The van der Waals surface area contributed by atoms with Gasteiger partial charge < -0.3 is 4.42 Å². The topological polar surface area (TPSA) is 25.5 Å². The number of hydrogen-bond acceptors (Lipinski definition) is 2. The molecule has 0 spiro atoms. The molecule has 50 valence electrons. The van der Waals surface area contributed by atoms with E-state index < -0.39 is 0 Å². The van der Waals surface area contributed by atoms with Crippen LogP contribution in [0.3, 0.4) is 0 Å². The zero-order valence-corrected chi connectivity index (χ0v) is 5.45. The van der Waals surface area contributed by atoms with E-state index in [1.807, 2.05) is 6.07 Å². The number of furan rings is 1. The maximum absolute atomic E-state index is 4.97. The van der Waals surface area contributed by atoms with Gasteiger partial charge in [0.15, 0.2) is 0 Å². The van der Waals surface area contributed by atoms with Crippen LogP contribution in [0.2, 0.25) is 0 Å². The van der Waals surface area contributed by atoms with Crippen molar-refractivity contribution in [3.63, 3.8) is 0 Å². The molecule has 0 aliphatic heterocycles. The third-order valence-corrected chi connectivity index (χ3v) is 0.944. The van der Waals surface area contributed by atoms with E-state index in [1.54, 1.807) is 18.5 Å². The average molecular weight is 133 g/mol. The van der Waals surface area contributed by atoms with Crippen molar-refractivity contribution in [2.45, 2.75) is 0 Å². The number of rotatable bonds is 2. The van der Waals surface area contributed by atoms with Crippen molar-refractivity contribution in [1.82, 2.24) is 0 Å². The van der Waals surface area contributed by atoms with Gasteiger partial charge in [0, 0.05) is 0 Å². The fourth-order valence-electron chi connectivity index (χ4n) is 0.553. The molecule has 0 aliphatic rings. The molecule has 0 aliphatic carbocycles. The van der Waals surface area contributed by atoms with E-state index in [0.717, 1.165) is 5.76 Å². The third-order valence-electron chi connectivity index (χ3n) is 0.944. The highest BCUT2D eigenvalue weighted by atomic mass is 16.3. The molecule has 0 saturated carbocycles. The summed E-state index contributed by atoms with van der Waals surface area (Å²) < 4.78 is 4.96. The summed E-state index contributed by atoms with van der Waals surface area (Å²) in [5, 5.41) is 0. The molecule has 0 atom stereocenters. The van der Waals surface area contributed by atoms with Gasteiger partial charge in [-0.05, 0) is 12.1 Å². The van der Waals surface area contributed by atoms with Gasteiger partial charge in [0.1, 0.15) is 5.76 Å². The third kappa shape index (κ3) is 1.79. The maximum atomic E-state index is 4.97. The summed E-state index contributed by atoms with van der Waals surface area (Å²) in [5.74, 6) is 3.12. The molecular weight excluding hydrogens is 126 g/mol. The quantitative estimate of drug-likeness (QED) is 0.441. The molecule has 10 heavy (non-hydrogen) atoms. The van der Waals surface area contributed by atoms with Crippen LogP contribution in [0, 0.1) is 12.3 Å². The number of terminal acetylenes is 1. The van der Waals surface area contributed by atoms with Gasteiger partial charge in [0.05, 0.1) is 19.0 Å². The Morgan fingerprint density at radius 3 is 3.30 bits per heavy atom. The fourth-order valence-corrected chi connectivity index (χ4v) is 0.553. The fraction of sp³-hybridized carbons (Fsp3) is 0.125. The van der Waals surface area contributed by atoms with Gasteiger partial charge in [0.2, 0.25) is 0 Å². The van der Waals surface area contributed by atoms with Gasteiger partial charge in [-0.3, -0.25) is 4.99 Å². The SMILES string of the molecule is C#CCN=Cc1ccco1. The van der Waals surface area contributed by atoms with Crippen molar-refractivity contribution in [2.75, 3.05) is 6.54 Å². The Labute approximate surface area is 59.6 Å². The van der Waals surface area contributed by atoms with Crippen molar-refractivity contribution >= 4 is 6.21 Å². The van der Waals surface area contributed by atoms with Gasteiger partial charge in [-0.25, -0.2) is 0 Å². The van der Waals surface area contributed by atoms with Crippen molar-refractivity contribution in [3.05, 3.63) is 24.2 Å². The molecular formula is C8H7NO. The molecule has 1 rings (SSSR count). The zero-order valence-electron chi connectivity index (χ0n) is 5.45. The van der Waals surface area contributed by atoms with Gasteiger partial charge in [0.25, 0.3) is 0 Å². The molecule has 1 heterocycles. The van der Waals surface area contributed by atoms with E-state index in [0.29, 0.717) is 6.54 Å². The maximum Gasteiger partial charge on any atom is 0.144 e. The smallest absolute Gasteiger partial charge is 0.144 e. The van der Waals surface area contributed by atoms with Crippen molar-refractivity contribution in [1.29, 1.82) is 0 Å². The highest BCUT2D eigenvalue weighted by Gasteiger charge is 1.84. The van der Waals surface area contributed by atoms with Gasteiger partial charge in [-0.1, -0.05) is 5.92 Å². The molecule has 0 amide bonds. The summed E-state index contributed by atoms with van der Waals surface area (Å²) >= 11 is 0. The molecule has 2 heteroatoms. The Bertz CT molecular complexity index is 241. The summed E-state index contributed by atoms with van der Waals surface area (Å²) in [6.45, 7) is 0.403. The van der Waals surface area contributed by atoms with Crippen LogP contribution in [0.15, 0.2) is 27.8 Å². The van der Waals surface area contributed by atoms with Crippen molar-refractivity contribution in [3.8, 4) is 12.3 Å². The zero-order chi connectivity index (χ0) is 7.23. The van der Waals surface area contributed by atoms with Crippen LogP contribution in [0.1, 0.15) is 5.76 Å². The number of hydrogen-bond donors (Lipinski definition) is 0. The van der Waals surface area contributed by atoms with Crippen LogP contribution in [0.4, 0.5) is 0 Å². The van der Waals surface area contributed by atoms with Crippen LogP contribution in [0.5, 0.6) is 0 Å². The van der Waals surface area contributed by atoms with Crippen molar-refractivity contribution in [2.24, 2.45) is 4.99 Å². The molecule has 0 N–H and O–H groups in total. The van der Waals surface area contributed by atoms with E-state index >= 15 is 0 Å². The first-order valence-electron chi connectivity index (χ1n) is 2.90. The van der Waals surface area contributed by atoms with E-state index in [2.05, 4.69) is 10.9 Å². The molecule has 2 nitrogen and oxygen atoms in total. The Kier molecular flexibility index (Phi) is 2.33. The minimum Gasteiger partial charge on any atom is -0.463 e. The normalized spacial score (nSPS) is 9.90. The first kappa shape index (κ1) is 6.63. The van der Waals surface area contributed by atoms with Crippen LogP contribution < -0.4 is 0 Å².